The van der Waals surface area contributed by atoms with E-state index in [0.717, 1.165) is 38.9 Å². The van der Waals surface area contributed by atoms with Gasteiger partial charge in [0.2, 0.25) is 5.91 Å². The van der Waals surface area contributed by atoms with E-state index in [-0.39, 0.29) is 12.5 Å². The van der Waals surface area contributed by atoms with Crippen LogP contribution >= 0.6 is 11.6 Å². The van der Waals surface area contributed by atoms with Crippen molar-refractivity contribution in [3.63, 3.8) is 0 Å². The van der Waals surface area contributed by atoms with E-state index in [1.165, 1.54) is 5.56 Å². The molecular formula is C29H27ClN4O2. The molecule has 6 rings (SSSR count). The minimum Gasteiger partial charge on any atom is -0.385 e. The lowest BCUT2D eigenvalue weighted by molar-refractivity contribution is -0.136. The van der Waals surface area contributed by atoms with Gasteiger partial charge in [-0.2, -0.15) is 0 Å². The number of aromatic amines is 1. The molecular weight excluding hydrogens is 472 g/mol. The molecule has 0 atom stereocenters. The number of halogens is 1. The first-order chi connectivity index (χ1) is 17.4. The molecule has 2 aromatic carbocycles. The Kier molecular flexibility index (Phi) is 5.58. The molecule has 1 fully saturated rings. The number of aryl methyl sites for hydroxylation is 1. The maximum atomic E-state index is 13.5. The maximum absolute atomic E-state index is 13.5. The van der Waals surface area contributed by atoms with Crippen LogP contribution in [0.2, 0.25) is 5.02 Å². The van der Waals surface area contributed by atoms with Crippen molar-refractivity contribution in [1.29, 1.82) is 0 Å². The second-order valence-corrected chi connectivity index (χ2v) is 10.2. The summed E-state index contributed by atoms with van der Waals surface area (Å²) in [5.41, 5.74) is 4.81. The molecule has 0 spiro atoms. The molecule has 1 aliphatic heterocycles. The smallest absolute Gasteiger partial charge is 0.242 e. The molecule has 182 valence electrons. The fourth-order valence-corrected chi connectivity index (χ4v) is 5.42. The summed E-state index contributed by atoms with van der Waals surface area (Å²) in [6, 6.07) is 21.8. The Hall–Kier alpha value is -3.61. The Morgan fingerprint density at radius 1 is 1.06 bits per heavy atom. The number of aromatic nitrogens is 3. The van der Waals surface area contributed by atoms with Crippen LogP contribution in [0, 0.1) is 6.92 Å². The lowest BCUT2D eigenvalue weighted by Crippen LogP contribution is -2.46. The minimum absolute atomic E-state index is 0.0433. The molecule has 0 radical (unpaired) electrons. The molecule has 3 aromatic heterocycles. The van der Waals surface area contributed by atoms with Crippen molar-refractivity contribution in [2.24, 2.45) is 0 Å². The number of fused-ring (bicyclic) bond motifs is 2. The van der Waals surface area contributed by atoms with Crippen LogP contribution in [0.3, 0.4) is 0 Å². The Balaban J connectivity index is 1.28. The number of likely N-dealkylation sites (tertiary alicyclic amines) is 1. The second kappa shape index (κ2) is 8.80. The predicted molar refractivity (Wildman–Crippen MR) is 143 cm³/mol. The zero-order valence-corrected chi connectivity index (χ0v) is 20.8. The van der Waals surface area contributed by atoms with Crippen molar-refractivity contribution < 1.29 is 9.90 Å². The van der Waals surface area contributed by atoms with Gasteiger partial charge in [0.1, 0.15) is 12.2 Å². The summed E-state index contributed by atoms with van der Waals surface area (Å²) in [6.07, 6.45) is 2.76. The van der Waals surface area contributed by atoms with E-state index < -0.39 is 5.60 Å². The minimum atomic E-state index is -0.943. The zero-order valence-electron chi connectivity index (χ0n) is 20.0. The number of H-pyrrole nitrogens is 1. The standard InChI is InChI=1S/C29H27ClN4O2/c1-19-4-9-25-21(15-19)17-26(24-16-20-3-2-12-31-28(20)32-24)34(25)18-27(35)33-13-10-29(36,11-14-33)22-5-7-23(30)8-6-22/h2-9,12,15-17,36H,10-11,13-14,18H2,1H3,(H,31,32). The topological polar surface area (TPSA) is 74.2 Å². The van der Waals surface area contributed by atoms with Crippen molar-refractivity contribution in [2.45, 2.75) is 31.9 Å². The molecule has 36 heavy (non-hydrogen) atoms. The van der Waals surface area contributed by atoms with E-state index in [1.54, 1.807) is 18.3 Å². The number of nitrogens with zero attached hydrogens (tertiary/aromatic N) is 3. The normalized spacial score (nSPS) is 15.6. The largest absolute Gasteiger partial charge is 0.385 e. The van der Waals surface area contributed by atoms with Crippen molar-refractivity contribution in [3.05, 3.63) is 89.1 Å². The van der Waals surface area contributed by atoms with Gasteiger partial charge in [-0.1, -0.05) is 35.4 Å². The molecule has 0 unspecified atom stereocenters. The van der Waals surface area contributed by atoms with E-state index in [2.05, 4.69) is 51.8 Å². The summed E-state index contributed by atoms with van der Waals surface area (Å²) < 4.78 is 2.09. The number of hydrogen-bond acceptors (Lipinski definition) is 3. The molecule has 6 nitrogen and oxygen atoms in total. The van der Waals surface area contributed by atoms with Gasteiger partial charge in [-0.3, -0.25) is 4.79 Å². The molecule has 5 aromatic rings. The lowest BCUT2D eigenvalue weighted by atomic mass is 9.84. The number of piperidine rings is 1. The number of carbonyl (C=O) groups excluding carboxylic acids is 1. The fraction of sp³-hybridized carbons (Fsp3) is 0.241. The molecule has 1 saturated heterocycles. The average molecular weight is 499 g/mol. The summed E-state index contributed by atoms with van der Waals surface area (Å²) >= 11 is 6.02. The van der Waals surface area contributed by atoms with Crippen molar-refractivity contribution in [2.75, 3.05) is 13.1 Å². The molecule has 0 bridgehead atoms. The fourth-order valence-electron chi connectivity index (χ4n) is 5.29. The van der Waals surface area contributed by atoms with E-state index in [9.17, 15) is 9.90 Å². The van der Waals surface area contributed by atoms with Crippen LogP contribution in [0.1, 0.15) is 24.0 Å². The molecule has 1 amide bonds. The summed E-state index contributed by atoms with van der Waals surface area (Å²) in [5.74, 6) is 0.0433. The van der Waals surface area contributed by atoms with Crippen LogP contribution < -0.4 is 0 Å². The van der Waals surface area contributed by atoms with Crippen LogP contribution in [0.5, 0.6) is 0 Å². The number of hydrogen-bond donors (Lipinski definition) is 2. The first kappa shape index (κ1) is 22.8. The predicted octanol–water partition coefficient (Wildman–Crippen LogP) is 5.66. The van der Waals surface area contributed by atoms with Gasteiger partial charge < -0.3 is 19.6 Å². The van der Waals surface area contributed by atoms with Crippen LogP contribution in [-0.4, -0.2) is 43.5 Å². The number of nitrogens with one attached hydrogen (secondary N) is 1. The maximum Gasteiger partial charge on any atom is 0.242 e. The number of amides is 1. The highest BCUT2D eigenvalue weighted by atomic mass is 35.5. The number of benzene rings is 2. The number of carbonyl (C=O) groups is 1. The van der Waals surface area contributed by atoms with E-state index >= 15 is 0 Å². The number of rotatable bonds is 4. The van der Waals surface area contributed by atoms with E-state index in [0.29, 0.717) is 31.0 Å². The molecule has 7 heteroatoms. The highest BCUT2D eigenvalue weighted by Crippen LogP contribution is 2.34. The quantitative estimate of drug-likeness (QED) is 0.336. The first-order valence-electron chi connectivity index (χ1n) is 12.2. The van der Waals surface area contributed by atoms with Gasteiger partial charge in [-0.25, -0.2) is 4.98 Å². The van der Waals surface area contributed by atoms with E-state index in [1.807, 2.05) is 29.2 Å². The Bertz CT molecular complexity index is 1540. The van der Waals surface area contributed by atoms with Gasteiger partial charge in [0.05, 0.1) is 17.0 Å². The van der Waals surface area contributed by atoms with E-state index in [4.69, 9.17) is 11.6 Å². The average Bonchev–Trinajstić information content (AvgIpc) is 3.46. The SMILES string of the molecule is Cc1ccc2c(c1)cc(-c1cc3cccnc3[nH]1)n2CC(=O)N1CCC(O)(c2ccc(Cl)cc2)CC1. The molecule has 2 N–H and O–H groups in total. The Morgan fingerprint density at radius 3 is 2.58 bits per heavy atom. The summed E-state index contributed by atoms with van der Waals surface area (Å²) in [6.45, 7) is 3.30. The third-order valence-corrected chi connectivity index (χ3v) is 7.59. The van der Waals surface area contributed by atoms with Gasteiger partial charge in [0, 0.05) is 40.6 Å². The summed E-state index contributed by atoms with van der Waals surface area (Å²) in [4.78, 5) is 23.2. The third-order valence-electron chi connectivity index (χ3n) is 7.34. The highest BCUT2D eigenvalue weighted by Gasteiger charge is 2.35. The molecule has 0 saturated carbocycles. The van der Waals surface area contributed by atoms with Crippen molar-refractivity contribution in [3.8, 4) is 11.4 Å². The molecule has 0 aliphatic carbocycles. The second-order valence-electron chi connectivity index (χ2n) is 9.72. The molecule has 1 aliphatic rings. The van der Waals surface area contributed by atoms with Crippen LogP contribution in [-0.2, 0) is 16.9 Å². The monoisotopic (exact) mass is 498 g/mol. The summed E-state index contributed by atoms with van der Waals surface area (Å²) in [5, 5.41) is 14.0. The lowest BCUT2D eigenvalue weighted by Gasteiger charge is -2.38. The Morgan fingerprint density at radius 2 is 1.83 bits per heavy atom. The highest BCUT2D eigenvalue weighted by molar-refractivity contribution is 6.30. The zero-order chi connectivity index (χ0) is 24.9. The number of aliphatic hydroxyl groups is 1. The van der Waals surface area contributed by atoms with Crippen LogP contribution in [0.4, 0.5) is 0 Å². The van der Waals surface area contributed by atoms with Gasteiger partial charge in [0.15, 0.2) is 0 Å². The van der Waals surface area contributed by atoms with Crippen LogP contribution in [0.15, 0.2) is 72.9 Å². The van der Waals surface area contributed by atoms with Crippen LogP contribution in [0.25, 0.3) is 33.3 Å². The third kappa shape index (κ3) is 4.06. The first-order valence-corrected chi connectivity index (χ1v) is 12.6. The van der Waals surface area contributed by atoms with Gasteiger partial charge >= 0.3 is 0 Å². The van der Waals surface area contributed by atoms with Gasteiger partial charge in [-0.15, -0.1) is 0 Å². The van der Waals surface area contributed by atoms with Crippen molar-refractivity contribution >= 4 is 39.4 Å². The molecule has 4 heterocycles. The van der Waals surface area contributed by atoms with Gasteiger partial charge in [0.25, 0.3) is 0 Å². The van der Waals surface area contributed by atoms with Crippen molar-refractivity contribution in [1.82, 2.24) is 19.4 Å². The summed E-state index contributed by atoms with van der Waals surface area (Å²) in [7, 11) is 0. The Labute approximate surface area is 214 Å². The van der Waals surface area contributed by atoms with Gasteiger partial charge in [-0.05, 0) is 73.9 Å². The number of pyridine rings is 1.